The molecule has 334 valence electrons. The Hall–Kier alpha value is -4.09. The van der Waals surface area contributed by atoms with Crippen LogP contribution in [0.15, 0.2) is 58.5 Å². The van der Waals surface area contributed by atoms with Gasteiger partial charge in [0.1, 0.15) is 0 Å². The van der Waals surface area contributed by atoms with Crippen LogP contribution in [0.1, 0.15) is 194 Å². The van der Waals surface area contributed by atoms with E-state index in [1.165, 1.54) is 22.3 Å². The second kappa shape index (κ2) is 19.1. The molecule has 7 heteroatoms. The Balaban J connectivity index is 0.000000323. The van der Waals surface area contributed by atoms with Crippen molar-refractivity contribution in [1.29, 1.82) is 0 Å². The molecular formula is C54H74N2NiO4. The number of hydrogen-bond acceptors (Lipinski definition) is 6. The fourth-order valence-electron chi connectivity index (χ4n) is 7.75. The monoisotopic (exact) mass is 873 g/mol. The van der Waals surface area contributed by atoms with Gasteiger partial charge in [0.25, 0.3) is 0 Å². The minimum atomic E-state index is -0.579. The van der Waals surface area contributed by atoms with Gasteiger partial charge in [-0.1, -0.05) is 167 Å². The summed E-state index contributed by atoms with van der Waals surface area (Å²) >= 11 is 0. The normalized spacial score (nSPS) is 13.5. The quantitative estimate of drug-likeness (QED) is 0.120. The zero-order valence-corrected chi connectivity index (χ0v) is 42.0. The van der Waals surface area contributed by atoms with Gasteiger partial charge in [0.2, 0.25) is 0 Å². The summed E-state index contributed by atoms with van der Waals surface area (Å²) in [6.07, 6.45) is 1.99. The summed E-state index contributed by atoms with van der Waals surface area (Å²) in [6.45, 7) is 42.0. The molecule has 1 aliphatic heterocycles. The van der Waals surface area contributed by atoms with E-state index in [2.05, 4.69) is 139 Å². The standard InChI is InChI=1S/C28H40O4.C26H36N2.Ni/c1-25(2,3)15-13-16(26(4,5)6)22-17(14-15)31-23-18(27(7,8)9)20(29)21(30)19(24(23)32-22)28(10,11)12;1-9-12-24(21(8)27-25-19(6)13-10-14-20(25)7)28-26-22(17(2)3)15-11-16-23(26)18(4)5;/h13-14,29-30H,1-12H3;10-11,13-18H,9,12H2,1-8H3;/q;;+2/p-2. The van der Waals surface area contributed by atoms with Crippen LogP contribution in [0.25, 0.3) is 0 Å². The van der Waals surface area contributed by atoms with Crippen molar-refractivity contribution in [2.75, 3.05) is 0 Å². The molecule has 0 atom stereocenters. The first-order valence-electron chi connectivity index (χ1n) is 22.0. The van der Waals surface area contributed by atoms with E-state index in [1.807, 2.05) is 47.6 Å². The molecule has 0 unspecified atom stereocenters. The van der Waals surface area contributed by atoms with Crippen molar-refractivity contribution in [1.82, 2.24) is 0 Å². The second-order valence-corrected chi connectivity index (χ2v) is 21.5. The molecule has 0 saturated carbocycles. The smallest absolute Gasteiger partial charge is 0.873 e. The van der Waals surface area contributed by atoms with Crippen molar-refractivity contribution in [3.05, 3.63) is 93.0 Å². The first-order chi connectivity index (χ1) is 27.5. The van der Waals surface area contributed by atoms with Crippen LogP contribution in [0.2, 0.25) is 0 Å². The molecular weight excluding hydrogens is 799 g/mol. The van der Waals surface area contributed by atoms with Crippen LogP contribution in [-0.4, -0.2) is 11.4 Å². The van der Waals surface area contributed by atoms with Gasteiger partial charge in [0, 0.05) is 5.56 Å². The number of aliphatic imine (C=N–C) groups is 2. The molecule has 0 aliphatic carbocycles. The fourth-order valence-corrected chi connectivity index (χ4v) is 7.75. The van der Waals surface area contributed by atoms with E-state index in [0.717, 1.165) is 46.8 Å². The first-order valence-corrected chi connectivity index (χ1v) is 22.0. The van der Waals surface area contributed by atoms with E-state index >= 15 is 0 Å². The molecule has 4 aromatic rings. The summed E-state index contributed by atoms with van der Waals surface area (Å²) in [6, 6.07) is 17.1. The topological polar surface area (TPSA) is 89.3 Å². The first kappa shape index (κ1) is 51.3. The number of nitrogens with zero attached hydrogens (tertiary/aromatic N) is 2. The molecule has 0 saturated heterocycles. The average molecular weight is 874 g/mol. The predicted octanol–water partition coefficient (Wildman–Crippen LogP) is 15.1. The van der Waals surface area contributed by atoms with Crippen LogP contribution < -0.4 is 19.7 Å². The minimum Gasteiger partial charge on any atom is -0.873 e. The van der Waals surface area contributed by atoms with Crippen molar-refractivity contribution >= 4 is 22.8 Å². The maximum atomic E-state index is 13.3. The average Bonchev–Trinajstić information content (AvgIpc) is 3.10. The molecule has 0 aromatic heterocycles. The van der Waals surface area contributed by atoms with Gasteiger partial charge >= 0.3 is 16.5 Å². The molecule has 0 N–H and O–H groups in total. The molecule has 4 aromatic carbocycles. The number of aryl methyl sites for hydroxylation is 2. The minimum absolute atomic E-state index is 0. The van der Waals surface area contributed by atoms with Crippen LogP contribution in [0.5, 0.6) is 34.5 Å². The van der Waals surface area contributed by atoms with E-state index in [0.29, 0.717) is 46.0 Å². The number of rotatable bonds is 7. The van der Waals surface area contributed by atoms with E-state index in [-0.39, 0.29) is 27.3 Å². The van der Waals surface area contributed by atoms with Crippen molar-refractivity contribution in [3.63, 3.8) is 0 Å². The molecule has 1 aliphatic rings. The van der Waals surface area contributed by atoms with Crippen LogP contribution in [-0.2, 0) is 38.2 Å². The van der Waals surface area contributed by atoms with Gasteiger partial charge in [-0.2, -0.15) is 0 Å². The molecule has 0 spiro atoms. The van der Waals surface area contributed by atoms with Crippen molar-refractivity contribution in [2.45, 2.75) is 185 Å². The molecule has 5 rings (SSSR count). The molecule has 0 radical (unpaired) electrons. The molecule has 0 fully saturated rings. The summed E-state index contributed by atoms with van der Waals surface area (Å²) in [5, 5.41) is 26.6. The zero-order chi connectivity index (χ0) is 45.4. The van der Waals surface area contributed by atoms with E-state index < -0.39 is 22.3 Å². The predicted molar refractivity (Wildman–Crippen MR) is 252 cm³/mol. The van der Waals surface area contributed by atoms with E-state index in [4.69, 9.17) is 19.5 Å². The fraction of sp³-hybridized carbons (Fsp3) is 0.519. The Kier molecular flexibility index (Phi) is 16.1. The number of para-hydroxylation sites is 2. The third-order valence-corrected chi connectivity index (χ3v) is 11.2. The summed E-state index contributed by atoms with van der Waals surface area (Å²) in [4.78, 5) is 10.2. The summed E-state index contributed by atoms with van der Waals surface area (Å²) < 4.78 is 13.1. The Morgan fingerprint density at radius 1 is 0.607 bits per heavy atom. The Morgan fingerprint density at radius 2 is 1.07 bits per heavy atom. The molecule has 0 amide bonds. The van der Waals surface area contributed by atoms with Crippen molar-refractivity contribution < 1.29 is 36.2 Å². The summed E-state index contributed by atoms with van der Waals surface area (Å²) in [7, 11) is 0. The van der Waals surface area contributed by atoms with E-state index in [9.17, 15) is 10.2 Å². The number of hydrogen-bond donors (Lipinski definition) is 0. The van der Waals surface area contributed by atoms with Gasteiger partial charge in [-0.3, -0.25) is 9.98 Å². The number of fused-ring (bicyclic) bond motifs is 2. The van der Waals surface area contributed by atoms with E-state index in [1.54, 1.807) is 0 Å². The zero-order valence-electron chi connectivity index (χ0n) is 41.0. The van der Waals surface area contributed by atoms with Crippen molar-refractivity contribution in [3.8, 4) is 34.5 Å². The van der Waals surface area contributed by atoms with Gasteiger partial charge in [-0.05, 0) is 106 Å². The van der Waals surface area contributed by atoms with Crippen LogP contribution in [0.4, 0.5) is 11.4 Å². The number of benzene rings is 4. The van der Waals surface area contributed by atoms with Gasteiger partial charge < -0.3 is 19.7 Å². The Bertz CT molecular complexity index is 2220. The third-order valence-electron chi connectivity index (χ3n) is 11.2. The van der Waals surface area contributed by atoms with Gasteiger partial charge in [0.15, 0.2) is 23.0 Å². The molecule has 0 bridgehead atoms. The Labute approximate surface area is 379 Å². The van der Waals surface area contributed by atoms with Crippen LogP contribution >= 0.6 is 0 Å². The van der Waals surface area contributed by atoms with Gasteiger partial charge in [-0.25, -0.2) is 0 Å². The summed E-state index contributed by atoms with van der Waals surface area (Å²) in [5.41, 5.74) is 10.8. The van der Waals surface area contributed by atoms with Crippen LogP contribution in [0.3, 0.4) is 0 Å². The third kappa shape index (κ3) is 11.5. The maximum Gasteiger partial charge on any atom is 2.00 e. The molecule has 61 heavy (non-hydrogen) atoms. The van der Waals surface area contributed by atoms with Crippen molar-refractivity contribution in [2.24, 2.45) is 9.98 Å². The number of ether oxygens (including phenoxy) is 2. The van der Waals surface area contributed by atoms with Crippen LogP contribution in [0, 0.1) is 13.8 Å². The second-order valence-electron chi connectivity index (χ2n) is 21.5. The molecule has 6 nitrogen and oxygen atoms in total. The Morgan fingerprint density at radius 3 is 1.48 bits per heavy atom. The summed E-state index contributed by atoms with van der Waals surface area (Å²) in [5.74, 6) is 1.86. The van der Waals surface area contributed by atoms with Gasteiger partial charge in [0.05, 0.1) is 22.8 Å². The largest absolute Gasteiger partial charge is 2.00 e. The maximum absolute atomic E-state index is 13.3. The van der Waals surface area contributed by atoms with Gasteiger partial charge in [-0.15, -0.1) is 11.5 Å². The SMILES string of the molecule is CC(C)(C)c1cc2c(c(C(C)(C)C)c1)Oc1c(c(C(C)(C)C)c([O-])c([O-])c1C(C)(C)C)O2.CCCC(=Nc1c(C(C)C)cccc1C(C)C)C(C)=Nc1c(C)cccc1C.[Ni+2]. The molecule has 1 heterocycles.